The van der Waals surface area contributed by atoms with E-state index >= 15 is 0 Å². The van der Waals surface area contributed by atoms with E-state index in [0.717, 1.165) is 49.7 Å². The summed E-state index contributed by atoms with van der Waals surface area (Å²) in [7, 11) is -3.51. The average molecular weight is 405 g/mol. The third-order valence-electron chi connectivity index (χ3n) is 5.83. The Morgan fingerprint density at radius 3 is 2.07 bits per heavy atom. The molecule has 0 saturated carbocycles. The number of allylic oxidation sites excluding steroid dienone is 5. The number of hydrogen-bond acceptors (Lipinski definition) is 2. The van der Waals surface area contributed by atoms with Crippen LogP contribution in [-0.4, -0.2) is 8.42 Å². The molecule has 0 unspecified atom stereocenters. The Morgan fingerprint density at radius 1 is 0.724 bits per heavy atom. The molecule has 0 fully saturated rings. The summed E-state index contributed by atoms with van der Waals surface area (Å²) in [6, 6.07) is 19.2. The van der Waals surface area contributed by atoms with Gasteiger partial charge in [0.1, 0.15) is 0 Å². The van der Waals surface area contributed by atoms with E-state index in [1.807, 2.05) is 36.4 Å². The predicted octanol–water partition coefficient (Wildman–Crippen LogP) is 6.87. The second-order valence-electron chi connectivity index (χ2n) is 7.88. The molecular formula is C26H28O2S. The first kappa shape index (κ1) is 19.9. The van der Waals surface area contributed by atoms with Gasteiger partial charge in [0.05, 0.1) is 9.80 Å². The molecule has 2 aliphatic carbocycles. The second kappa shape index (κ2) is 8.96. The number of benzene rings is 2. The molecule has 0 aromatic heterocycles. The van der Waals surface area contributed by atoms with Gasteiger partial charge in [-0.15, -0.1) is 0 Å². The number of hydrogen-bond donors (Lipinski definition) is 0. The Kier molecular flexibility index (Phi) is 6.15. The van der Waals surface area contributed by atoms with E-state index in [2.05, 4.69) is 24.3 Å². The summed E-state index contributed by atoms with van der Waals surface area (Å²) in [5.74, 6) is 0. The summed E-state index contributed by atoms with van der Waals surface area (Å²) in [4.78, 5) is 1.03. The van der Waals surface area contributed by atoms with Crippen molar-refractivity contribution in [2.45, 2.75) is 56.3 Å². The van der Waals surface area contributed by atoms with Gasteiger partial charge in [-0.1, -0.05) is 60.7 Å². The van der Waals surface area contributed by atoms with Crippen molar-refractivity contribution in [1.82, 2.24) is 0 Å². The van der Waals surface area contributed by atoms with Crippen LogP contribution in [0, 0.1) is 0 Å². The molecule has 29 heavy (non-hydrogen) atoms. The van der Waals surface area contributed by atoms with Gasteiger partial charge in [0.25, 0.3) is 0 Å². The highest BCUT2D eigenvalue weighted by Gasteiger charge is 2.29. The van der Waals surface area contributed by atoms with Crippen molar-refractivity contribution < 1.29 is 8.42 Å². The summed E-state index contributed by atoms with van der Waals surface area (Å²) >= 11 is 0. The molecule has 0 heterocycles. The monoisotopic (exact) mass is 404 g/mol. The van der Waals surface area contributed by atoms with Crippen LogP contribution in [0.2, 0.25) is 0 Å². The van der Waals surface area contributed by atoms with Crippen LogP contribution in [0.1, 0.15) is 56.9 Å². The zero-order valence-electron chi connectivity index (χ0n) is 16.8. The van der Waals surface area contributed by atoms with Crippen LogP contribution in [0.15, 0.2) is 93.3 Å². The summed E-state index contributed by atoms with van der Waals surface area (Å²) in [5, 5.41) is 0. The van der Waals surface area contributed by atoms with Gasteiger partial charge < -0.3 is 0 Å². The molecule has 2 aromatic rings. The lowest BCUT2D eigenvalue weighted by Crippen LogP contribution is -2.11. The topological polar surface area (TPSA) is 34.1 Å². The third kappa shape index (κ3) is 4.45. The maximum absolute atomic E-state index is 13.7. The van der Waals surface area contributed by atoms with Gasteiger partial charge in [-0.3, -0.25) is 0 Å². The molecule has 0 radical (unpaired) electrons. The summed E-state index contributed by atoms with van der Waals surface area (Å²) in [6.45, 7) is 0. The van der Waals surface area contributed by atoms with Crippen LogP contribution in [-0.2, 0) is 9.84 Å². The molecule has 0 amide bonds. The molecule has 0 aliphatic heterocycles. The molecule has 0 spiro atoms. The number of sulfone groups is 1. The summed E-state index contributed by atoms with van der Waals surface area (Å²) in [5.41, 5.74) is 4.55. The SMILES string of the molecule is O=S(=O)(C1=C(C2=CCCCC2)/C(=C/c2ccccc2)CCCC1)c1ccccc1. The zero-order valence-corrected chi connectivity index (χ0v) is 17.6. The normalized spacial score (nSPS) is 19.7. The molecule has 0 atom stereocenters. The van der Waals surface area contributed by atoms with Crippen LogP contribution in [0.5, 0.6) is 0 Å². The van der Waals surface area contributed by atoms with Crippen molar-refractivity contribution in [2.75, 3.05) is 0 Å². The maximum atomic E-state index is 13.7. The van der Waals surface area contributed by atoms with Crippen molar-refractivity contribution >= 4 is 15.9 Å². The van der Waals surface area contributed by atoms with Crippen LogP contribution in [0.4, 0.5) is 0 Å². The standard InChI is InChI=1S/C26H28O2S/c27-29(28,24-17-8-3-9-18-24)25-19-11-10-16-23(20-21-12-4-1-5-13-21)26(25)22-14-6-2-7-15-22/h1,3-5,8-9,12-14,17-18,20H,2,6-7,10-11,15-16,19H2/b23-20+. The zero-order chi connectivity index (χ0) is 20.1. The Labute approximate surface area is 174 Å². The van der Waals surface area contributed by atoms with Crippen molar-refractivity contribution in [3.05, 3.63) is 93.9 Å². The predicted molar refractivity (Wildman–Crippen MR) is 120 cm³/mol. The molecule has 3 heteroatoms. The van der Waals surface area contributed by atoms with Crippen LogP contribution >= 0.6 is 0 Å². The van der Waals surface area contributed by atoms with Crippen molar-refractivity contribution in [3.8, 4) is 0 Å². The van der Waals surface area contributed by atoms with Crippen LogP contribution < -0.4 is 0 Å². The second-order valence-corrected chi connectivity index (χ2v) is 9.85. The fourth-order valence-electron chi connectivity index (χ4n) is 4.39. The van der Waals surface area contributed by atoms with Gasteiger partial charge >= 0.3 is 0 Å². The van der Waals surface area contributed by atoms with Crippen molar-refractivity contribution in [1.29, 1.82) is 0 Å². The quantitative estimate of drug-likeness (QED) is 0.557. The Balaban J connectivity index is 1.93. The van der Waals surface area contributed by atoms with E-state index in [1.54, 1.807) is 12.1 Å². The minimum absolute atomic E-state index is 0.407. The van der Waals surface area contributed by atoms with Crippen LogP contribution in [0.25, 0.3) is 6.08 Å². The molecule has 0 saturated heterocycles. The average Bonchev–Trinajstić information content (AvgIpc) is 2.99. The third-order valence-corrected chi connectivity index (χ3v) is 7.78. The molecule has 4 rings (SSSR count). The maximum Gasteiger partial charge on any atom is 0.203 e. The molecule has 2 aliphatic rings. The molecule has 2 nitrogen and oxygen atoms in total. The molecular weight excluding hydrogens is 376 g/mol. The van der Waals surface area contributed by atoms with Crippen LogP contribution in [0.3, 0.4) is 0 Å². The van der Waals surface area contributed by atoms with Gasteiger partial charge in [0, 0.05) is 0 Å². The lowest BCUT2D eigenvalue weighted by atomic mass is 9.87. The lowest BCUT2D eigenvalue weighted by molar-refractivity contribution is 0.598. The van der Waals surface area contributed by atoms with Gasteiger partial charge in [-0.05, 0) is 85.8 Å². The minimum atomic E-state index is -3.51. The Morgan fingerprint density at radius 2 is 1.38 bits per heavy atom. The largest absolute Gasteiger partial charge is 0.219 e. The van der Waals surface area contributed by atoms with E-state index in [0.29, 0.717) is 16.2 Å². The van der Waals surface area contributed by atoms with E-state index in [9.17, 15) is 8.42 Å². The van der Waals surface area contributed by atoms with Crippen molar-refractivity contribution in [3.63, 3.8) is 0 Å². The van der Waals surface area contributed by atoms with Gasteiger partial charge in [0.2, 0.25) is 9.84 Å². The molecule has 0 bridgehead atoms. The molecule has 0 N–H and O–H groups in total. The van der Waals surface area contributed by atoms with E-state index in [4.69, 9.17) is 0 Å². The first-order valence-corrected chi connectivity index (χ1v) is 12.1. The fraction of sp³-hybridized carbons (Fsp3) is 0.308. The van der Waals surface area contributed by atoms with Crippen molar-refractivity contribution in [2.24, 2.45) is 0 Å². The van der Waals surface area contributed by atoms with Gasteiger partial charge in [-0.2, -0.15) is 0 Å². The minimum Gasteiger partial charge on any atom is -0.219 e. The first-order valence-electron chi connectivity index (χ1n) is 10.6. The lowest BCUT2D eigenvalue weighted by Gasteiger charge is -2.22. The van der Waals surface area contributed by atoms with E-state index in [1.165, 1.54) is 17.6 Å². The van der Waals surface area contributed by atoms with Gasteiger partial charge in [0.15, 0.2) is 0 Å². The summed E-state index contributed by atoms with van der Waals surface area (Å²) < 4.78 is 27.4. The van der Waals surface area contributed by atoms with E-state index in [-0.39, 0.29) is 0 Å². The highest BCUT2D eigenvalue weighted by molar-refractivity contribution is 7.95. The Bertz CT molecular complexity index is 1040. The molecule has 150 valence electrons. The van der Waals surface area contributed by atoms with E-state index < -0.39 is 9.84 Å². The smallest absolute Gasteiger partial charge is 0.203 e. The fourth-order valence-corrected chi connectivity index (χ4v) is 6.13. The number of rotatable bonds is 4. The first-order chi connectivity index (χ1) is 14.2. The highest BCUT2D eigenvalue weighted by Crippen LogP contribution is 2.41. The highest BCUT2D eigenvalue weighted by atomic mass is 32.2. The van der Waals surface area contributed by atoms with Gasteiger partial charge in [-0.25, -0.2) is 8.42 Å². The Hall–Kier alpha value is -2.39. The summed E-state index contributed by atoms with van der Waals surface area (Å²) in [6.07, 6.45) is 12.3. The molecule has 2 aromatic carbocycles.